The first-order valence-corrected chi connectivity index (χ1v) is 9.82. The largest absolute Gasteiger partial charge is 0.468 e. The molecule has 1 saturated heterocycles. The molecule has 0 bridgehead atoms. The number of anilines is 2. The number of aliphatic hydroxyl groups is 1. The van der Waals surface area contributed by atoms with Crippen LogP contribution in [0, 0.1) is 0 Å². The molecule has 0 unspecified atom stereocenters. The van der Waals surface area contributed by atoms with Crippen molar-refractivity contribution in [3.63, 3.8) is 0 Å². The Morgan fingerprint density at radius 1 is 1.37 bits per heavy atom. The monoisotopic (exact) mass is 410 g/mol. The highest BCUT2D eigenvalue weighted by Gasteiger charge is 2.37. The number of carbonyl (C=O) groups excluding carboxylic acids is 1. The van der Waals surface area contributed by atoms with Crippen LogP contribution >= 0.6 is 0 Å². The molecule has 0 saturated carbocycles. The second kappa shape index (κ2) is 7.22. The highest BCUT2D eigenvalue weighted by Crippen LogP contribution is 2.39. The Morgan fingerprint density at radius 3 is 3.00 bits per heavy atom. The first-order valence-electron chi connectivity index (χ1n) is 9.82. The van der Waals surface area contributed by atoms with Gasteiger partial charge in [0.05, 0.1) is 31.7 Å². The minimum atomic E-state index is -0.716. The zero-order chi connectivity index (χ0) is 20.7. The number of nitrogens with one attached hydrogen (secondary N) is 1. The third kappa shape index (κ3) is 3.23. The summed E-state index contributed by atoms with van der Waals surface area (Å²) in [6, 6.07) is 3.63. The van der Waals surface area contributed by atoms with E-state index in [4.69, 9.17) is 14.5 Å². The Bertz CT molecular complexity index is 1110. The lowest BCUT2D eigenvalue weighted by Gasteiger charge is -2.29. The fourth-order valence-electron chi connectivity index (χ4n) is 3.79. The molecule has 2 N–H and O–H groups in total. The highest BCUT2D eigenvalue weighted by molar-refractivity contribution is 6.09. The van der Waals surface area contributed by atoms with Gasteiger partial charge in [0.1, 0.15) is 11.2 Å². The predicted molar refractivity (Wildman–Crippen MR) is 108 cm³/mol. The summed E-state index contributed by atoms with van der Waals surface area (Å²) >= 11 is 0. The van der Waals surface area contributed by atoms with Crippen molar-refractivity contribution >= 4 is 23.1 Å². The molecule has 0 radical (unpaired) electrons. The van der Waals surface area contributed by atoms with E-state index >= 15 is 0 Å². The molecule has 156 valence electrons. The molecule has 2 aliphatic heterocycles. The number of carbonyl (C=O) groups is 1. The number of hydrogen-bond acceptors (Lipinski definition) is 8. The van der Waals surface area contributed by atoms with E-state index in [0.717, 1.165) is 5.56 Å². The Labute approximate surface area is 172 Å². The fraction of sp³-hybridized carbons (Fsp3) is 0.400. The normalized spacial score (nSPS) is 20.8. The molecule has 5 rings (SSSR count). The molecule has 2 aliphatic rings. The maximum absolute atomic E-state index is 13.1. The van der Waals surface area contributed by atoms with Crippen LogP contribution in [-0.4, -0.2) is 69.1 Å². The summed E-state index contributed by atoms with van der Waals surface area (Å²) in [6.45, 7) is 4.20. The second-order valence-electron chi connectivity index (χ2n) is 7.71. The molecule has 3 aromatic rings. The number of pyridine rings is 1. The van der Waals surface area contributed by atoms with Crippen molar-refractivity contribution in [1.82, 2.24) is 19.6 Å². The number of rotatable bonds is 4. The predicted octanol–water partition coefficient (Wildman–Crippen LogP) is 0.899. The van der Waals surface area contributed by atoms with Gasteiger partial charge in [-0.25, -0.2) is 9.50 Å². The van der Waals surface area contributed by atoms with Crippen LogP contribution in [0.15, 0.2) is 30.7 Å². The lowest BCUT2D eigenvalue weighted by molar-refractivity contribution is 0.0416. The Hall–Kier alpha value is -3.24. The number of aromatic nitrogens is 4. The topological polar surface area (TPSA) is 114 Å². The maximum Gasteiger partial charge on any atom is 0.261 e. The van der Waals surface area contributed by atoms with Gasteiger partial charge >= 0.3 is 0 Å². The standard InChI is InChI=1S/C20H22N6O4/c1-20(12-27)10-13-9-15(17(24-19(13)30-20)25-5-7-29-8-6-25)23-18(28)14-11-22-26-4-2-3-21-16(14)26/h2-4,9,11,27H,5-8,10,12H2,1H3,(H,23,28)/t20-/m0/s1. The van der Waals surface area contributed by atoms with Crippen LogP contribution in [-0.2, 0) is 11.2 Å². The summed E-state index contributed by atoms with van der Waals surface area (Å²) in [5.41, 5.74) is 1.57. The van der Waals surface area contributed by atoms with Gasteiger partial charge in [-0.1, -0.05) is 0 Å². The average molecular weight is 410 g/mol. The van der Waals surface area contributed by atoms with E-state index in [1.54, 1.807) is 23.0 Å². The van der Waals surface area contributed by atoms with E-state index in [9.17, 15) is 9.90 Å². The van der Waals surface area contributed by atoms with E-state index in [1.165, 1.54) is 6.20 Å². The summed E-state index contributed by atoms with van der Waals surface area (Å²) in [5, 5.41) is 16.9. The number of nitrogens with zero attached hydrogens (tertiary/aromatic N) is 5. The van der Waals surface area contributed by atoms with Gasteiger partial charge in [-0.05, 0) is 19.1 Å². The quantitative estimate of drug-likeness (QED) is 0.652. The van der Waals surface area contributed by atoms with Crippen LogP contribution in [0.5, 0.6) is 5.88 Å². The number of hydrogen-bond donors (Lipinski definition) is 2. The third-order valence-electron chi connectivity index (χ3n) is 5.37. The van der Waals surface area contributed by atoms with Crippen LogP contribution < -0.4 is 15.0 Å². The summed E-state index contributed by atoms with van der Waals surface area (Å²) in [7, 11) is 0. The number of morpholine rings is 1. The third-order valence-corrected chi connectivity index (χ3v) is 5.37. The smallest absolute Gasteiger partial charge is 0.261 e. The van der Waals surface area contributed by atoms with Gasteiger partial charge in [-0.3, -0.25) is 4.79 Å². The fourth-order valence-corrected chi connectivity index (χ4v) is 3.79. The van der Waals surface area contributed by atoms with Gasteiger partial charge in [0.2, 0.25) is 5.88 Å². The van der Waals surface area contributed by atoms with E-state index in [1.807, 2.05) is 13.0 Å². The molecule has 3 aromatic heterocycles. The molecule has 1 fully saturated rings. The number of amides is 1. The van der Waals surface area contributed by atoms with E-state index < -0.39 is 5.60 Å². The molecule has 0 aromatic carbocycles. The first-order chi connectivity index (χ1) is 14.6. The van der Waals surface area contributed by atoms with Gasteiger partial charge in [0, 0.05) is 37.5 Å². The van der Waals surface area contributed by atoms with Crippen LogP contribution in [0.1, 0.15) is 22.8 Å². The molecule has 0 aliphatic carbocycles. The molecule has 1 amide bonds. The van der Waals surface area contributed by atoms with Gasteiger partial charge < -0.3 is 24.8 Å². The van der Waals surface area contributed by atoms with Crippen molar-refractivity contribution in [2.24, 2.45) is 0 Å². The lowest BCUT2D eigenvalue weighted by atomic mass is 10.0. The molecule has 10 nitrogen and oxygen atoms in total. The Kier molecular flexibility index (Phi) is 4.52. The van der Waals surface area contributed by atoms with E-state index in [-0.39, 0.29) is 12.5 Å². The minimum Gasteiger partial charge on any atom is -0.468 e. The van der Waals surface area contributed by atoms with Crippen molar-refractivity contribution in [2.75, 3.05) is 43.1 Å². The Morgan fingerprint density at radius 2 is 2.20 bits per heavy atom. The summed E-state index contributed by atoms with van der Waals surface area (Å²) in [5.74, 6) is 0.796. The molecular formula is C20H22N6O4. The zero-order valence-electron chi connectivity index (χ0n) is 16.5. The van der Waals surface area contributed by atoms with Crippen LogP contribution in [0.25, 0.3) is 5.65 Å². The van der Waals surface area contributed by atoms with Crippen molar-refractivity contribution in [3.05, 3.63) is 41.9 Å². The molecule has 5 heterocycles. The minimum absolute atomic E-state index is 0.119. The van der Waals surface area contributed by atoms with E-state index in [0.29, 0.717) is 61.3 Å². The second-order valence-corrected chi connectivity index (χ2v) is 7.71. The Balaban J connectivity index is 1.51. The molecule has 30 heavy (non-hydrogen) atoms. The molecular weight excluding hydrogens is 388 g/mol. The van der Waals surface area contributed by atoms with Crippen molar-refractivity contribution in [3.8, 4) is 5.88 Å². The van der Waals surface area contributed by atoms with Gasteiger partial charge in [0.15, 0.2) is 11.5 Å². The summed E-state index contributed by atoms with van der Waals surface area (Å²) in [6.07, 6.45) is 5.37. The van der Waals surface area contributed by atoms with Crippen LogP contribution in [0.4, 0.5) is 11.5 Å². The van der Waals surface area contributed by atoms with E-state index in [2.05, 4.69) is 20.3 Å². The zero-order valence-corrected chi connectivity index (χ0v) is 16.5. The van der Waals surface area contributed by atoms with Gasteiger partial charge in [-0.2, -0.15) is 10.1 Å². The number of fused-ring (bicyclic) bond motifs is 2. The van der Waals surface area contributed by atoms with Gasteiger partial charge in [-0.15, -0.1) is 0 Å². The highest BCUT2D eigenvalue weighted by atomic mass is 16.5. The van der Waals surface area contributed by atoms with Crippen LogP contribution in [0.3, 0.4) is 0 Å². The SMILES string of the molecule is C[C@@]1(CO)Cc2cc(NC(=O)c3cnn4cccnc34)c(N3CCOCC3)nc2O1. The van der Waals surface area contributed by atoms with Gasteiger partial charge in [0.25, 0.3) is 5.91 Å². The average Bonchev–Trinajstić information content (AvgIpc) is 3.34. The van der Waals surface area contributed by atoms with Crippen LogP contribution in [0.2, 0.25) is 0 Å². The molecule has 0 spiro atoms. The summed E-state index contributed by atoms with van der Waals surface area (Å²) < 4.78 is 12.9. The molecule has 1 atom stereocenters. The first kappa shape index (κ1) is 18.8. The lowest BCUT2D eigenvalue weighted by Crippen LogP contribution is -2.37. The number of aliphatic hydroxyl groups excluding tert-OH is 1. The summed E-state index contributed by atoms with van der Waals surface area (Å²) in [4.78, 5) is 24.1. The van der Waals surface area contributed by atoms with Crippen molar-refractivity contribution in [2.45, 2.75) is 18.9 Å². The van der Waals surface area contributed by atoms with Crippen molar-refractivity contribution in [1.29, 1.82) is 0 Å². The maximum atomic E-state index is 13.1. The molecule has 10 heteroatoms. The van der Waals surface area contributed by atoms with Crippen molar-refractivity contribution < 1.29 is 19.4 Å². The number of ether oxygens (including phenoxy) is 2.